The maximum absolute atomic E-state index is 13.2. The number of aryl methyl sites for hydroxylation is 1. The van der Waals surface area contributed by atoms with Crippen LogP contribution >= 0.6 is 0 Å². The van der Waals surface area contributed by atoms with Crippen molar-refractivity contribution in [3.8, 4) is 11.3 Å². The third kappa shape index (κ3) is 2.77. The Kier molecular flexibility index (Phi) is 3.96. The maximum Gasteiger partial charge on any atom is 0.254 e. The van der Waals surface area contributed by atoms with E-state index in [0.29, 0.717) is 31.2 Å². The first-order chi connectivity index (χ1) is 16.1. The molecule has 0 saturated carbocycles. The molecule has 1 N–H and O–H groups in total. The lowest BCUT2D eigenvalue weighted by Gasteiger charge is -2.56. The number of fused-ring (bicyclic) bond motifs is 3. The number of nitrogens with zero attached hydrogens (tertiary/aromatic N) is 5. The highest BCUT2D eigenvalue weighted by Gasteiger charge is 2.51. The average Bonchev–Trinajstić information content (AvgIpc) is 3.16. The average molecular weight is 441 g/mol. The first-order valence-electron chi connectivity index (χ1n) is 11.4. The molecule has 0 radical (unpaired) electrons. The Morgan fingerprint density at radius 3 is 2.64 bits per heavy atom. The second kappa shape index (κ2) is 6.82. The molecule has 0 aliphatic carbocycles. The molecular formula is C25H24N6O2. The molecule has 166 valence electrons. The lowest BCUT2D eigenvalue weighted by Crippen LogP contribution is -2.78. The minimum absolute atomic E-state index is 0.0587. The molecule has 33 heavy (non-hydrogen) atoms. The fourth-order valence-corrected chi connectivity index (χ4v) is 5.38. The van der Waals surface area contributed by atoms with Gasteiger partial charge in [-0.1, -0.05) is 6.07 Å². The number of anilines is 2. The zero-order valence-electron chi connectivity index (χ0n) is 18.4. The minimum atomic E-state index is -0.0587. The van der Waals surface area contributed by atoms with Crippen LogP contribution in [0.3, 0.4) is 0 Å². The summed E-state index contributed by atoms with van der Waals surface area (Å²) in [6, 6.07) is 10.9. The van der Waals surface area contributed by atoms with E-state index in [1.54, 1.807) is 6.20 Å². The van der Waals surface area contributed by atoms with Gasteiger partial charge in [-0.15, -0.1) is 0 Å². The Morgan fingerprint density at radius 2 is 2.00 bits per heavy atom. The van der Waals surface area contributed by atoms with E-state index in [2.05, 4.69) is 31.2 Å². The number of pyridine rings is 1. The van der Waals surface area contributed by atoms with Crippen LogP contribution in [0, 0.1) is 6.92 Å². The molecule has 0 bridgehead atoms. The zero-order valence-corrected chi connectivity index (χ0v) is 18.4. The Labute approximate surface area is 191 Å². The fraction of sp³-hybridized carbons (Fsp3) is 0.360. The summed E-state index contributed by atoms with van der Waals surface area (Å²) >= 11 is 0. The third-order valence-electron chi connectivity index (χ3n) is 7.52. The number of hydrogen-bond acceptors (Lipinski definition) is 7. The molecule has 4 aliphatic heterocycles. The van der Waals surface area contributed by atoms with E-state index in [0.717, 1.165) is 47.7 Å². The van der Waals surface area contributed by atoms with Crippen molar-refractivity contribution in [2.75, 3.05) is 37.7 Å². The van der Waals surface area contributed by atoms with E-state index >= 15 is 0 Å². The topological polar surface area (TPSA) is 83.5 Å². The van der Waals surface area contributed by atoms with Crippen LogP contribution in [0.5, 0.6) is 0 Å². The van der Waals surface area contributed by atoms with Crippen molar-refractivity contribution in [1.29, 1.82) is 0 Å². The number of hydrogen-bond donors (Lipinski definition) is 1. The van der Waals surface area contributed by atoms with Gasteiger partial charge in [0.05, 0.1) is 30.4 Å². The highest BCUT2D eigenvalue weighted by Crippen LogP contribution is 2.48. The van der Waals surface area contributed by atoms with Gasteiger partial charge in [-0.2, -0.15) is 0 Å². The maximum atomic E-state index is 13.2. The summed E-state index contributed by atoms with van der Waals surface area (Å²) in [7, 11) is 0. The fourth-order valence-electron chi connectivity index (χ4n) is 5.38. The highest BCUT2D eigenvalue weighted by molar-refractivity contribution is 5.97. The first-order valence-corrected chi connectivity index (χ1v) is 11.4. The molecule has 8 heteroatoms. The number of amides is 1. The van der Waals surface area contributed by atoms with Gasteiger partial charge < -0.3 is 19.9 Å². The number of carbonyl (C=O) groups is 1. The van der Waals surface area contributed by atoms with Crippen LogP contribution in [0.25, 0.3) is 11.3 Å². The van der Waals surface area contributed by atoms with Crippen LogP contribution < -0.4 is 10.2 Å². The van der Waals surface area contributed by atoms with Crippen molar-refractivity contribution >= 4 is 17.5 Å². The number of piperazine rings is 1. The normalized spacial score (nSPS) is 23.9. The van der Waals surface area contributed by atoms with Gasteiger partial charge >= 0.3 is 0 Å². The standard InChI is InChI=1S/C25H24N6O2/c1-15-4-5-26-19(6-15)17-8-28-24(29-9-17)31-12-25(13-33-14-25)18-3-2-16(7-21(18)31)23(32)30-11-20-22(30)10-27-20/h2-9,20,22,27H,10-14H2,1H3/t20?,22-/m1/s1. The quantitative estimate of drug-likeness (QED) is 0.668. The predicted octanol–water partition coefficient (Wildman–Crippen LogP) is 2.06. The molecule has 1 unspecified atom stereocenters. The SMILES string of the molecule is Cc1ccnc(-c2cnc(N3CC4(COC4)c4ccc(C(=O)N5CC6NC[C@H]65)cc43)nc2)c1. The molecule has 1 spiro atoms. The lowest BCUT2D eigenvalue weighted by molar-refractivity contribution is -0.0507. The van der Waals surface area contributed by atoms with Crippen molar-refractivity contribution < 1.29 is 9.53 Å². The van der Waals surface area contributed by atoms with Crippen molar-refractivity contribution in [2.24, 2.45) is 0 Å². The van der Waals surface area contributed by atoms with Crippen LogP contribution in [0.15, 0.2) is 48.9 Å². The Balaban J connectivity index is 1.23. The van der Waals surface area contributed by atoms with E-state index in [1.165, 1.54) is 5.56 Å². The summed E-state index contributed by atoms with van der Waals surface area (Å²) in [6.45, 7) is 5.83. The summed E-state index contributed by atoms with van der Waals surface area (Å²) in [5, 5.41) is 3.36. The number of carbonyl (C=O) groups excluding carboxylic acids is 1. The second-order valence-corrected chi connectivity index (χ2v) is 9.62. The number of nitrogens with one attached hydrogen (secondary N) is 1. The van der Waals surface area contributed by atoms with E-state index in [9.17, 15) is 4.79 Å². The van der Waals surface area contributed by atoms with Crippen LogP contribution in [-0.2, 0) is 10.2 Å². The Morgan fingerprint density at radius 1 is 1.15 bits per heavy atom. The van der Waals surface area contributed by atoms with Crippen molar-refractivity contribution in [3.05, 3.63) is 65.6 Å². The van der Waals surface area contributed by atoms with Crippen LogP contribution in [-0.4, -0.2) is 70.7 Å². The molecule has 6 heterocycles. The smallest absolute Gasteiger partial charge is 0.254 e. The molecule has 4 aliphatic rings. The van der Waals surface area contributed by atoms with Gasteiger partial charge in [0, 0.05) is 61.1 Å². The summed E-state index contributed by atoms with van der Waals surface area (Å²) in [5.41, 5.74) is 5.78. The summed E-state index contributed by atoms with van der Waals surface area (Å²) in [4.78, 5) is 31.1. The van der Waals surface area contributed by atoms with Gasteiger partial charge in [0.15, 0.2) is 0 Å². The third-order valence-corrected chi connectivity index (χ3v) is 7.52. The molecule has 2 atom stereocenters. The second-order valence-electron chi connectivity index (χ2n) is 9.62. The number of rotatable bonds is 3. The number of likely N-dealkylation sites (tertiary alicyclic amines) is 1. The van der Waals surface area contributed by atoms with Gasteiger partial charge in [0.1, 0.15) is 0 Å². The monoisotopic (exact) mass is 440 g/mol. The lowest BCUT2D eigenvalue weighted by atomic mass is 9.80. The number of benzene rings is 1. The first kappa shape index (κ1) is 19.1. The molecule has 2 aromatic heterocycles. The highest BCUT2D eigenvalue weighted by atomic mass is 16.5. The molecule has 7 rings (SSSR count). The Hall–Kier alpha value is -3.36. The van der Waals surface area contributed by atoms with E-state index in [4.69, 9.17) is 4.74 Å². The van der Waals surface area contributed by atoms with Gasteiger partial charge in [0.2, 0.25) is 5.95 Å². The molecular weight excluding hydrogens is 416 g/mol. The zero-order chi connectivity index (χ0) is 22.2. The van der Waals surface area contributed by atoms with Gasteiger partial charge in [-0.05, 0) is 42.3 Å². The summed E-state index contributed by atoms with van der Waals surface area (Å²) in [6.07, 6.45) is 5.45. The van der Waals surface area contributed by atoms with Crippen LogP contribution in [0.4, 0.5) is 11.6 Å². The molecule has 8 nitrogen and oxygen atoms in total. The predicted molar refractivity (Wildman–Crippen MR) is 123 cm³/mol. The summed E-state index contributed by atoms with van der Waals surface area (Å²) < 4.78 is 5.61. The Bertz CT molecular complexity index is 1270. The van der Waals surface area contributed by atoms with Crippen LogP contribution in [0.2, 0.25) is 0 Å². The minimum Gasteiger partial charge on any atom is -0.379 e. The molecule has 1 aromatic carbocycles. The van der Waals surface area contributed by atoms with Crippen molar-refractivity contribution in [1.82, 2.24) is 25.2 Å². The molecule has 3 saturated heterocycles. The van der Waals surface area contributed by atoms with Crippen molar-refractivity contribution in [3.63, 3.8) is 0 Å². The van der Waals surface area contributed by atoms with E-state index < -0.39 is 0 Å². The largest absolute Gasteiger partial charge is 0.379 e. The van der Waals surface area contributed by atoms with Gasteiger partial charge in [0.25, 0.3) is 5.91 Å². The molecule has 1 amide bonds. The number of aromatic nitrogens is 3. The van der Waals surface area contributed by atoms with Crippen LogP contribution in [0.1, 0.15) is 21.5 Å². The summed E-state index contributed by atoms with van der Waals surface area (Å²) in [5.74, 6) is 0.737. The molecule has 3 fully saturated rings. The number of ether oxygens (including phenoxy) is 1. The van der Waals surface area contributed by atoms with E-state index in [1.807, 2.05) is 48.5 Å². The molecule has 3 aromatic rings. The van der Waals surface area contributed by atoms with E-state index in [-0.39, 0.29) is 11.3 Å². The van der Waals surface area contributed by atoms with Gasteiger partial charge in [-0.3, -0.25) is 9.78 Å². The van der Waals surface area contributed by atoms with Crippen molar-refractivity contribution in [2.45, 2.75) is 24.4 Å². The van der Waals surface area contributed by atoms with Gasteiger partial charge in [-0.25, -0.2) is 9.97 Å².